The van der Waals surface area contributed by atoms with E-state index in [1.165, 1.54) is 5.56 Å². The van der Waals surface area contributed by atoms with Gasteiger partial charge in [0.15, 0.2) is 0 Å². The molecule has 1 aromatic carbocycles. The molecule has 3 rings (SSSR count). The maximum Gasteiger partial charge on any atom is 0.122 e. The van der Waals surface area contributed by atoms with Gasteiger partial charge >= 0.3 is 0 Å². The van der Waals surface area contributed by atoms with Crippen LogP contribution in [0.4, 0.5) is 0 Å². The predicted molar refractivity (Wildman–Crippen MR) is 58.0 cm³/mol. The lowest BCUT2D eigenvalue weighted by molar-refractivity contribution is 0.0570. The average molecular weight is 204 g/mol. The summed E-state index contributed by atoms with van der Waals surface area (Å²) in [5.74, 6) is 2.18. The van der Waals surface area contributed by atoms with Crippen LogP contribution < -0.4 is 4.74 Å². The molecule has 1 aromatic rings. The molecule has 2 heteroatoms. The molecule has 1 heterocycles. The number of aliphatic hydroxyl groups excluding tert-OH is 1. The second kappa shape index (κ2) is 3.53. The van der Waals surface area contributed by atoms with Crippen LogP contribution in [0.15, 0.2) is 24.3 Å². The zero-order valence-corrected chi connectivity index (χ0v) is 8.73. The summed E-state index contributed by atoms with van der Waals surface area (Å²) in [7, 11) is 0. The molecule has 2 nitrogen and oxygen atoms in total. The molecule has 0 saturated heterocycles. The number of aliphatic hydroxyl groups is 1. The quantitative estimate of drug-likeness (QED) is 0.702. The lowest BCUT2D eigenvalue weighted by Gasteiger charge is -2.38. The van der Waals surface area contributed by atoms with Gasteiger partial charge in [0.2, 0.25) is 0 Å². The van der Waals surface area contributed by atoms with E-state index in [0.29, 0.717) is 11.8 Å². The van der Waals surface area contributed by atoms with Gasteiger partial charge in [-0.25, -0.2) is 0 Å². The van der Waals surface area contributed by atoms with E-state index in [9.17, 15) is 5.11 Å². The zero-order chi connectivity index (χ0) is 10.3. The summed E-state index contributed by atoms with van der Waals surface area (Å²) in [5, 5.41) is 9.64. The topological polar surface area (TPSA) is 29.5 Å². The number of ether oxygens (including phenoxy) is 1. The molecule has 0 aromatic heterocycles. The van der Waals surface area contributed by atoms with Crippen molar-refractivity contribution < 1.29 is 9.84 Å². The van der Waals surface area contributed by atoms with Gasteiger partial charge in [-0.15, -0.1) is 0 Å². The lowest BCUT2D eigenvalue weighted by atomic mass is 9.73. The summed E-state index contributed by atoms with van der Waals surface area (Å²) in [6, 6.07) is 8.33. The SMILES string of the molecule is OC1CCC2c3ccccc3OCC2C1. The molecule has 80 valence electrons. The Balaban J connectivity index is 1.93. The molecule has 3 atom stereocenters. The second-order valence-corrected chi connectivity index (χ2v) is 4.68. The summed E-state index contributed by atoms with van der Waals surface area (Å²) < 4.78 is 5.73. The largest absolute Gasteiger partial charge is 0.493 e. The van der Waals surface area contributed by atoms with Gasteiger partial charge in [-0.3, -0.25) is 0 Å². The Morgan fingerprint density at radius 3 is 3.00 bits per heavy atom. The van der Waals surface area contributed by atoms with E-state index >= 15 is 0 Å². The third kappa shape index (κ3) is 1.53. The molecular formula is C13H16O2. The summed E-state index contributed by atoms with van der Waals surface area (Å²) in [4.78, 5) is 0. The van der Waals surface area contributed by atoms with Gasteiger partial charge in [0.1, 0.15) is 5.75 Å². The molecule has 3 unspecified atom stereocenters. The van der Waals surface area contributed by atoms with Gasteiger partial charge in [0.25, 0.3) is 0 Å². The highest BCUT2D eigenvalue weighted by atomic mass is 16.5. The van der Waals surface area contributed by atoms with E-state index < -0.39 is 0 Å². The van der Waals surface area contributed by atoms with Gasteiger partial charge in [0, 0.05) is 5.92 Å². The summed E-state index contributed by atoms with van der Waals surface area (Å²) >= 11 is 0. The van der Waals surface area contributed by atoms with Crippen LogP contribution in [0.25, 0.3) is 0 Å². The first kappa shape index (κ1) is 9.22. The molecule has 1 N–H and O–H groups in total. The Morgan fingerprint density at radius 1 is 1.20 bits per heavy atom. The fraction of sp³-hybridized carbons (Fsp3) is 0.538. The molecular weight excluding hydrogens is 188 g/mol. The van der Waals surface area contributed by atoms with Crippen molar-refractivity contribution in [3.05, 3.63) is 29.8 Å². The minimum absolute atomic E-state index is 0.111. The normalized spacial score (nSPS) is 33.8. The van der Waals surface area contributed by atoms with Gasteiger partial charge in [0.05, 0.1) is 12.7 Å². The van der Waals surface area contributed by atoms with Gasteiger partial charge in [-0.1, -0.05) is 18.2 Å². The van der Waals surface area contributed by atoms with Crippen molar-refractivity contribution in [2.75, 3.05) is 6.61 Å². The fourth-order valence-corrected chi connectivity index (χ4v) is 2.95. The van der Waals surface area contributed by atoms with Crippen molar-refractivity contribution in [3.63, 3.8) is 0 Å². The van der Waals surface area contributed by atoms with E-state index in [0.717, 1.165) is 31.6 Å². The molecule has 1 fully saturated rings. The third-order valence-corrected chi connectivity index (χ3v) is 3.73. The number of benzene rings is 1. The van der Waals surface area contributed by atoms with Crippen molar-refractivity contribution in [2.45, 2.75) is 31.3 Å². The number of fused-ring (bicyclic) bond motifs is 3. The average Bonchev–Trinajstić information content (AvgIpc) is 2.28. The number of para-hydroxylation sites is 1. The Labute approximate surface area is 89.9 Å². The highest BCUT2D eigenvalue weighted by molar-refractivity contribution is 5.38. The maximum atomic E-state index is 9.64. The summed E-state index contributed by atoms with van der Waals surface area (Å²) in [6.07, 6.45) is 2.83. The highest BCUT2D eigenvalue weighted by Gasteiger charge is 2.35. The Morgan fingerprint density at radius 2 is 2.07 bits per heavy atom. The molecule has 0 bridgehead atoms. The van der Waals surface area contributed by atoms with Crippen LogP contribution in [0.2, 0.25) is 0 Å². The van der Waals surface area contributed by atoms with E-state index in [-0.39, 0.29) is 6.10 Å². The smallest absolute Gasteiger partial charge is 0.122 e. The van der Waals surface area contributed by atoms with Crippen molar-refractivity contribution in [2.24, 2.45) is 5.92 Å². The molecule has 0 amide bonds. The van der Waals surface area contributed by atoms with Crippen LogP contribution in [-0.4, -0.2) is 17.8 Å². The minimum atomic E-state index is -0.111. The van der Waals surface area contributed by atoms with Gasteiger partial charge in [-0.05, 0) is 36.8 Å². The van der Waals surface area contributed by atoms with Crippen molar-refractivity contribution >= 4 is 0 Å². The van der Waals surface area contributed by atoms with Crippen LogP contribution in [0.1, 0.15) is 30.7 Å². The third-order valence-electron chi connectivity index (χ3n) is 3.73. The first-order chi connectivity index (χ1) is 7.34. The standard InChI is InChI=1S/C13H16O2/c14-10-5-6-11-9(7-10)8-15-13-4-2-1-3-12(11)13/h1-4,9-11,14H,5-8H2. The van der Waals surface area contributed by atoms with Crippen molar-refractivity contribution in [3.8, 4) is 5.75 Å². The monoisotopic (exact) mass is 204 g/mol. The first-order valence-corrected chi connectivity index (χ1v) is 5.74. The predicted octanol–water partition coefficient (Wildman–Crippen LogP) is 2.32. The van der Waals surface area contributed by atoms with Crippen LogP contribution in [0.5, 0.6) is 5.75 Å². The highest BCUT2D eigenvalue weighted by Crippen LogP contribution is 2.44. The van der Waals surface area contributed by atoms with Crippen LogP contribution in [0.3, 0.4) is 0 Å². The van der Waals surface area contributed by atoms with Gasteiger partial charge < -0.3 is 9.84 Å². The second-order valence-electron chi connectivity index (χ2n) is 4.68. The van der Waals surface area contributed by atoms with Crippen LogP contribution in [-0.2, 0) is 0 Å². The zero-order valence-electron chi connectivity index (χ0n) is 8.73. The summed E-state index contributed by atoms with van der Waals surface area (Å²) in [5.41, 5.74) is 1.35. The minimum Gasteiger partial charge on any atom is -0.493 e. The Bertz CT molecular complexity index is 361. The van der Waals surface area contributed by atoms with E-state index in [2.05, 4.69) is 18.2 Å². The molecule has 0 spiro atoms. The van der Waals surface area contributed by atoms with E-state index in [1.54, 1.807) is 0 Å². The maximum absolute atomic E-state index is 9.64. The van der Waals surface area contributed by atoms with Crippen molar-refractivity contribution in [1.29, 1.82) is 0 Å². The van der Waals surface area contributed by atoms with E-state index in [1.807, 2.05) is 6.07 Å². The number of rotatable bonds is 0. The Kier molecular flexibility index (Phi) is 2.17. The molecule has 1 saturated carbocycles. The fourth-order valence-electron chi connectivity index (χ4n) is 2.95. The van der Waals surface area contributed by atoms with E-state index in [4.69, 9.17) is 4.74 Å². The van der Waals surface area contributed by atoms with Crippen molar-refractivity contribution in [1.82, 2.24) is 0 Å². The molecule has 2 aliphatic rings. The first-order valence-electron chi connectivity index (χ1n) is 5.74. The summed E-state index contributed by atoms with van der Waals surface area (Å²) in [6.45, 7) is 0.777. The lowest BCUT2D eigenvalue weighted by Crippen LogP contribution is -2.33. The molecule has 0 radical (unpaired) electrons. The number of hydrogen-bond acceptors (Lipinski definition) is 2. The Hall–Kier alpha value is -1.02. The molecule has 15 heavy (non-hydrogen) atoms. The molecule has 1 aliphatic carbocycles. The van der Waals surface area contributed by atoms with Gasteiger partial charge in [-0.2, -0.15) is 0 Å². The van der Waals surface area contributed by atoms with Crippen LogP contribution >= 0.6 is 0 Å². The number of hydrogen-bond donors (Lipinski definition) is 1. The molecule has 1 aliphatic heterocycles. The van der Waals surface area contributed by atoms with Crippen LogP contribution in [0, 0.1) is 5.92 Å².